The van der Waals surface area contributed by atoms with Crippen molar-refractivity contribution in [3.05, 3.63) is 29.8 Å². The van der Waals surface area contributed by atoms with Gasteiger partial charge >= 0.3 is 0 Å². The van der Waals surface area contributed by atoms with Crippen LogP contribution in [0.25, 0.3) is 0 Å². The van der Waals surface area contributed by atoms with E-state index in [0.717, 1.165) is 6.54 Å². The number of benzene rings is 1. The molecule has 2 atom stereocenters. The van der Waals surface area contributed by atoms with E-state index in [-0.39, 0.29) is 6.61 Å². The fraction of sp³-hybridized carbons (Fsp3) is 0.533. The molecule has 1 aromatic rings. The van der Waals surface area contributed by atoms with Gasteiger partial charge in [-0.15, -0.1) is 0 Å². The molecule has 0 spiro atoms. The van der Waals surface area contributed by atoms with Gasteiger partial charge in [-0.05, 0) is 12.1 Å². The number of hydrogen-bond acceptors (Lipinski definition) is 6. The number of aliphatic hydroxyl groups is 1. The molecule has 0 aliphatic carbocycles. The number of nitriles is 1. The summed E-state index contributed by atoms with van der Waals surface area (Å²) in [5.41, 5.74) is 0.494. The second kappa shape index (κ2) is 9.21. The highest BCUT2D eigenvalue weighted by atomic mass is 32.2. The highest BCUT2D eigenvalue weighted by Gasteiger charge is 2.14. The number of ether oxygens (including phenoxy) is 1. The van der Waals surface area contributed by atoms with E-state index in [0.29, 0.717) is 23.1 Å². The minimum atomic E-state index is -0.571. The molecule has 2 unspecified atom stereocenters. The predicted octanol–water partition coefficient (Wildman–Crippen LogP) is 1.74. The smallest absolute Gasteiger partial charge is 0.137 e. The molecule has 0 saturated carbocycles. The molecular weight excluding hydrogens is 304 g/mol. The number of rotatable bonds is 7. The van der Waals surface area contributed by atoms with E-state index in [1.54, 1.807) is 18.2 Å². The molecular formula is C15H20N2O2S2. The summed E-state index contributed by atoms with van der Waals surface area (Å²) >= 11 is 3.99. The summed E-state index contributed by atoms with van der Waals surface area (Å²) < 4.78 is 5.51. The van der Waals surface area contributed by atoms with Gasteiger partial charge in [0.1, 0.15) is 24.5 Å². The van der Waals surface area contributed by atoms with Gasteiger partial charge in [0.15, 0.2) is 0 Å². The van der Waals surface area contributed by atoms with Crippen LogP contribution in [0.2, 0.25) is 0 Å². The molecule has 1 fully saturated rings. The topological polar surface area (TPSA) is 65.3 Å². The third-order valence-corrected chi connectivity index (χ3v) is 5.92. The second-order valence-corrected chi connectivity index (χ2v) is 7.36. The molecule has 114 valence electrons. The van der Waals surface area contributed by atoms with Crippen molar-refractivity contribution in [1.29, 1.82) is 5.26 Å². The summed E-state index contributed by atoms with van der Waals surface area (Å²) in [5.74, 6) is 4.17. The first-order valence-corrected chi connectivity index (χ1v) is 9.20. The van der Waals surface area contributed by atoms with Crippen LogP contribution in [-0.2, 0) is 0 Å². The lowest BCUT2D eigenvalue weighted by Gasteiger charge is -2.22. The van der Waals surface area contributed by atoms with Gasteiger partial charge < -0.3 is 15.2 Å². The quantitative estimate of drug-likeness (QED) is 0.796. The first-order valence-electron chi connectivity index (χ1n) is 6.99. The first-order chi connectivity index (χ1) is 10.3. The lowest BCUT2D eigenvalue weighted by atomic mass is 10.2. The molecule has 1 aliphatic heterocycles. The SMILES string of the molecule is N#Cc1ccccc1OCC(O)CNCC1CSCCS1. The van der Waals surface area contributed by atoms with Crippen LogP contribution in [0, 0.1) is 11.3 Å². The van der Waals surface area contributed by atoms with E-state index in [4.69, 9.17) is 10.00 Å². The van der Waals surface area contributed by atoms with Crippen LogP contribution in [0.5, 0.6) is 5.75 Å². The third-order valence-electron chi connectivity index (χ3n) is 3.08. The van der Waals surface area contributed by atoms with Crippen LogP contribution < -0.4 is 10.1 Å². The van der Waals surface area contributed by atoms with Crippen LogP contribution in [0.3, 0.4) is 0 Å². The van der Waals surface area contributed by atoms with Crippen LogP contribution >= 0.6 is 23.5 Å². The molecule has 6 heteroatoms. The van der Waals surface area contributed by atoms with Crippen molar-refractivity contribution < 1.29 is 9.84 Å². The van der Waals surface area contributed by atoms with Crippen molar-refractivity contribution in [3.63, 3.8) is 0 Å². The van der Waals surface area contributed by atoms with E-state index >= 15 is 0 Å². The van der Waals surface area contributed by atoms with Crippen molar-refractivity contribution in [2.45, 2.75) is 11.4 Å². The molecule has 4 nitrogen and oxygen atoms in total. The van der Waals surface area contributed by atoms with Crippen molar-refractivity contribution in [2.75, 3.05) is 37.0 Å². The Labute approximate surface area is 134 Å². The zero-order chi connectivity index (χ0) is 14.9. The summed E-state index contributed by atoms with van der Waals surface area (Å²) in [6, 6.07) is 9.14. The highest BCUT2D eigenvalue weighted by molar-refractivity contribution is 8.06. The largest absolute Gasteiger partial charge is 0.489 e. The van der Waals surface area contributed by atoms with E-state index in [9.17, 15) is 5.11 Å². The fourth-order valence-electron chi connectivity index (χ4n) is 2.00. The molecule has 1 heterocycles. The van der Waals surface area contributed by atoms with Gasteiger partial charge in [-0.1, -0.05) is 12.1 Å². The Bertz CT molecular complexity index is 473. The number of para-hydroxylation sites is 1. The lowest BCUT2D eigenvalue weighted by molar-refractivity contribution is 0.106. The van der Waals surface area contributed by atoms with Crippen molar-refractivity contribution in [1.82, 2.24) is 5.32 Å². The standard InChI is InChI=1S/C15H20N2O2S2/c16-7-12-3-1-2-4-15(12)19-10-13(18)8-17-9-14-11-20-5-6-21-14/h1-4,13-14,17-18H,5-6,8-11H2. The Hall–Kier alpha value is -0.870. The molecule has 0 bridgehead atoms. The van der Waals surface area contributed by atoms with Crippen LogP contribution in [-0.4, -0.2) is 53.4 Å². The molecule has 1 aliphatic rings. The molecule has 2 N–H and O–H groups in total. The minimum Gasteiger partial charge on any atom is -0.489 e. The zero-order valence-electron chi connectivity index (χ0n) is 11.8. The minimum absolute atomic E-state index is 0.193. The molecule has 0 radical (unpaired) electrons. The molecule has 1 aromatic carbocycles. The zero-order valence-corrected chi connectivity index (χ0v) is 13.5. The summed E-state index contributed by atoms with van der Waals surface area (Å²) in [5, 5.41) is 22.8. The number of nitrogens with one attached hydrogen (secondary N) is 1. The first kappa shape index (κ1) is 16.5. The Balaban J connectivity index is 1.65. The summed E-state index contributed by atoms with van der Waals surface area (Å²) in [4.78, 5) is 0. The van der Waals surface area contributed by atoms with E-state index < -0.39 is 6.10 Å². The Morgan fingerprint density at radius 3 is 3.05 bits per heavy atom. The Morgan fingerprint density at radius 2 is 2.29 bits per heavy atom. The molecule has 21 heavy (non-hydrogen) atoms. The van der Waals surface area contributed by atoms with Crippen molar-refractivity contribution >= 4 is 23.5 Å². The molecule has 0 amide bonds. The maximum Gasteiger partial charge on any atom is 0.137 e. The highest BCUT2D eigenvalue weighted by Crippen LogP contribution is 2.23. The average molecular weight is 324 g/mol. The maximum atomic E-state index is 9.92. The number of aliphatic hydroxyl groups excluding tert-OH is 1. The predicted molar refractivity (Wildman–Crippen MR) is 89.1 cm³/mol. The number of nitrogens with zero attached hydrogens (tertiary/aromatic N) is 1. The van der Waals surface area contributed by atoms with E-state index in [2.05, 4.69) is 11.4 Å². The summed E-state index contributed by atoms with van der Waals surface area (Å²) in [6.07, 6.45) is -0.571. The molecule has 1 saturated heterocycles. The maximum absolute atomic E-state index is 9.92. The van der Waals surface area contributed by atoms with E-state index in [1.807, 2.05) is 29.6 Å². The Kier molecular flexibility index (Phi) is 7.24. The average Bonchev–Trinajstić information content (AvgIpc) is 2.54. The number of thioether (sulfide) groups is 2. The van der Waals surface area contributed by atoms with Gasteiger partial charge in [-0.2, -0.15) is 28.8 Å². The monoisotopic (exact) mass is 324 g/mol. The van der Waals surface area contributed by atoms with Gasteiger partial charge in [-0.25, -0.2) is 0 Å². The molecule has 0 aromatic heterocycles. The van der Waals surface area contributed by atoms with Crippen LogP contribution in [0.15, 0.2) is 24.3 Å². The lowest BCUT2D eigenvalue weighted by Crippen LogP contribution is -2.36. The van der Waals surface area contributed by atoms with Gasteiger partial charge in [0.2, 0.25) is 0 Å². The number of hydrogen-bond donors (Lipinski definition) is 2. The van der Waals surface area contributed by atoms with Crippen molar-refractivity contribution in [3.8, 4) is 11.8 Å². The third kappa shape index (κ3) is 5.79. The summed E-state index contributed by atoms with van der Waals surface area (Å²) in [6.45, 7) is 1.62. The van der Waals surface area contributed by atoms with Crippen LogP contribution in [0.4, 0.5) is 0 Å². The second-order valence-electron chi connectivity index (χ2n) is 4.80. The van der Waals surface area contributed by atoms with E-state index in [1.165, 1.54) is 17.3 Å². The van der Waals surface area contributed by atoms with Gasteiger partial charge in [0.05, 0.1) is 5.56 Å². The van der Waals surface area contributed by atoms with Crippen LogP contribution in [0.1, 0.15) is 5.56 Å². The van der Waals surface area contributed by atoms with Gasteiger partial charge in [0.25, 0.3) is 0 Å². The van der Waals surface area contributed by atoms with Gasteiger partial charge in [-0.3, -0.25) is 0 Å². The molecule has 2 rings (SSSR count). The van der Waals surface area contributed by atoms with Crippen molar-refractivity contribution in [2.24, 2.45) is 0 Å². The fourth-order valence-corrected chi connectivity index (χ4v) is 4.64. The van der Waals surface area contributed by atoms with Gasteiger partial charge in [0, 0.05) is 35.6 Å². The summed E-state index contributed by atoms with van der Waals surface area (Å²) in [7, 11) is 0. The Morgan fingerprint density at radius 1 is 1.43 bits per heavy atom. The normalized spacial score (nSPS) is 19.7.